The van der Waals surface area contributed by atoms with E-state index >= 15 is 0 Å². The van der Waals surface area contributed by atoms with Crippen LogP contribution in [0.4, 0.5) is 0 Å². The summed E-state index contributed by atoms with van der Waals surface area (Å²) < 4.78 is 0. The molecule has 0 aliphatic heterocycles. The summed E-state index contributed by atoms with van der Waals surface area (Å²) in [5.74, 6) is 0.141. The smallest absolute Gasteiger partial charge is 0.136 e. The molecule has 1 N–H and O–H groups in total. The fourth-order valence-electron chi connectivity index (χ4n) is 1.17. The molecule has 2 heterocycles. The van der Waals surface area contributed by atoms with E-state index in [9.17, 15) is 0 Å². The highest BCUT2D eigenvalue weighted by molar-refractivity contribution is 5.75. The first-order chi connectivity index (χ1) is 6.29. The first kappa shape index (κ1) is 7.98. The van der Waals surface area contributed by atoms with E-state index < -0.39 is 0 Å². The molecular formula is C10H9N2O. The van der Waals surface area contributed by atoms with Crippen molar-refractivity contribution in [2.75, 3.05) is 0 Å². The lowest BCUT2D eigenvalue weighted by Crippen LogP contribution is -1.86. The summed E-state index contributed by atoms with van der Waals surface area (Å²) in [4.78, 5) is 8.20. The van der Waals surface area contributed by atoms with Crippen molar-refractivity contribution in [3.63, 3.8) is 0 Å². The summed E-state index contributed by atoms with van der Waals surface area (Å²) in [6.07, 6.45) is 3.86. The van der Waals surface area contributed by atoms with Crippen LogP contribution in [0.5, 0.6) is 5.75 Å². The monoisotopic (exact) mass is 173 g/mol. The summed E-state index contributed by atoms with van der Waals surface area (Å²) in [7, 11) is 0. The van der Waals surface area contributed by atoms with E-state index in [0.29, 0.717) is 11.9 Å². The van der Waals surface area contributed by atoms with E-state index in [2.05, 4.69) is 16.9 Å². The van der Waals surface area contributed by atoms with Gasteiger partial charge in [-0.2, -0.15) is 0 Å². The van der Waals surface area contributed by atoms with Crippen molar-refractivity contribution in [2.45, 2.75) is 6.42 Å². The lowest BCUT2D eigenvalue weighted by molar-refractivity contribution is 0.473. The van der Waals surface area contributed by atoms with Crippen LogP contribution in [-0.4, -0.2) is 15.1 Å². The SMILES string of the molecule is [CH2]Cc1cnc2cc(O)cnc2c1. The Kier molecular flexibility index (Phi) is 1.85. The van der Waals surface area contributed by atoms with Crippen LogP contribution in [0.1, 0.15) is 5.56 Å². The Hall–Kier alpha value is -1.64. The lowest BCUT2D eigenvalue weighted by atomic mass is 10.2. The second-order valence-electron chi connectivity index (χ2n) is 2.83. The van der Waals surface area contributed by atoms with Gasteiger partial charge in [0.1, 0.15) is 5.75 Å². The fraction of sp³-hybridized carbons (Fsp3) is 0.100. The maximum absolute atomic E-state index is 9.14. The quantitative estimate of drug-likeness (QED) is 0.714. The topological polar surface area (TPSA) is 46.0 Å². The molecule has 0 aliphatic rings. The minimum atomic E-state index is 0.141. The van der Waals surface area contributed by atoms with Crippen molar-refractivity contribution in [1.82, 2.24) is 9.97 Å². The second-order valence-corrected chi connectivity index (χ2v) is 2.83. The third kappa shape index (κ3) is 1.45. The lowest BCUT2D eigenvalue weighted by Gasteiger charge is -1.99. The van der Waals surface area contributed by atoms with Crippen LogP contribution in [0.25, 0.3) is 11.0 Å². The third-order valence-electron chi connectivity index (χ3n) is 1.86. The predicted octanol–water partition coefficient (Wildman–Crippen LogP) is 1.71. The molecule has 2 rings (SSSR count). The molecule has 0 aromatic carbocycles. The zero-order valence-corrected chi connectivity index (χ0v) is 7.07. The highest BCUT2D eigenvalue weighted by Gasteiger charge is 1.98. The zero-order chi connectivity index (χ0) is 9.26. The number of pyridine rings is 2. The average Bonchev–Trinajstić information content (AvgIpc) is 2.17. The van der Waals surface area contributed by atoms with Gasteiger partial charge in [-0.3, -0.25) is 9.97 Å². The van der Waals surface area contributed by atoms with Crippen molar-refractivity contribution in [3.05, 3.63) is 37.0 Å². The first-order valence-corrected chi connectivity index (χ1v) is 4.02. The molecule has 13 heavy (non-hydrogen) atoms. The van der Waals surface area contributed by atoms with E-state index in [-0.39, 0.29) is 5.75 Å². The van der Waals surface area contributed by atoms with Crippen molar-refractivity contribution in [1.29, 1.82) is 0 Å². The summed E-state index contributed by atoms with van der Waals surface area (Å²) in [6, 6.07) is 3.52. The van der Waals surface area contributed by atoms with Crippen molar-refractivity contribution in [2.24, 2.45) is 0 Å². The van der Waals surface area contributed by atoms with Crippen LogP contribution in [0, 0.1) is 6.92 Å². The van der Waals surface area contributed by atoms with Crippen LogP contribution in [0.3, 0.4) is 0 Å². The molecule has 0 saturated carbocycles. The molecule has 0 amide bonds. The minimum absolute atomic E-state index is 0.141. The predicted molar refractivity (Wildman–Crippen MR) is 50.3 cm³/mol. The van der Waals surface area contributed by atoms with Crippen molar-refractivity contribution < 1.29 is 5.11 Å². The van der Waals surface area contributed by atoms with Gasteiger partial charge in [-0.1, -0.05) is 0 Å². The van der Waals surface area contributed by atoms with Crippen LogP contribution in [0.2, 0.25) is 0 Å². The summed E-state index contributed by atoms with van der Waals surface area (Å²) in [5, 5.41) is 9.14. The number of hydrogen-bond donors (Lipinski definition) is 1. The Bertz CT molecular complexity index is 440. The van der Waals surface area contributed by atoms with Gasteiger partial charge in [-0.15, -0.1) is 0 Å². The van der Waals surface area contributed by atoms with Gasteiger partial charge in [0.05, 0.1) is 17.2 Å². The van der Waals surface area contributed by atoms with E-state index in [1.54, 1.807) is 12.3 Å². The second kappa shape index (κ2) is 3.01. The average molecular weight is 173 g/mol. The summed E-state index contributed by atoms with van der Waals surface area (Å²) in [6.45, 7) is 3.76. The molecule has 0 aliphatic carbocycles. The molecule has 0 saturated heterocycles. The number of nitrogens with zero attached hydrogens (tertiary/aromatic N) is 2. The van der Waals surface area contributed by atoms with Gasteiger partial charge in [0, 0.05) is 12.3 Å². The van der Waals surface area contributed by atoms with Gasteiger partial charge >= 0.3 is 0 Å². The van der Waals surface area contributed by atoms with Gasteiger partial charge in [-0.25, -0.2) is 0 Å². The van der Waals surface area contributed by atoms with E-state index in [1.165, 1.54) is 6.20 Å². The van der Waals surface area contributed by atoms with Gasteiger partial charge in [0.15, 0.2) is 0 Å². The molecule has 3 nitrogen and oxygen atoms in total. The Labute approximate surface area is 76.1 Å². The molecule has 2 aromatic rings. The molecule has 0 fully saturated rings. The van der Waals surface area contributed by atoms with Gasteiger partial charge in [-0.05, 0) is 25.0 Å². The van der Waals surface area contributed by atoms with Crippen LogP contribution >= 0.6 is 0 Å². The highest BCUT2D eigenvalue weighted by atomic mass is 16.3. The Morgan fingerprint density at radius 1 is 1.15 bits per heavy atom. The zero-order valence-electron chi connectivity index (χ0n) is 7.07. The molecule has 3 heteroatoms. The molecule has 0 atom stereocenters. The van der Waals surface area contributed by atoms with E-state index in [0.717, 1.165) is 11.1 Å². The van der Waals surface area contributed by atoms with Gasteiger partial charge < -0.3 is 5.11 Å². The number of aromatic hydroxyl groups is 1. The minimum Gasteiger partial charge on any atom is -0.506 e. The maximum atomic E-state index is 9.14. The molecular weight excluding hydrogens is 164 g/mol. The molecule has 65 valence electrons. The first-order valence-electron chi connectivity index (χ1n) is 4.02. The van der Waals surface area contributed by atoms with Crippen LogP contribution in [-0.2, 0) is 6.42 Å². The molecule has 0 bridgehead atoms. The van der Waals surface area contributed by atoms with Gasteiger partial charge in [0.2, 0.25) is 0 Å². The number of aromatic nitrogens is 2. The van der Waals surface area contributed by atoms with Crippen molar-refractivity contribution in [3.8, 4) is 5.75 Å². The van der Waals surface area contributed by atoms with Crippen molar-refractivity contribution >= 4 is 11.0 Å². The van der Waals surface area contributed by atoms with Crippen LogP contribution in [0.15, 0.2) is 24.5 Å². The largest absolute Gasteiger partial charge is 0.506 e. The van der Waals surface area contributed by atoms with E-state index in [1.807, 2.05) is 6.07 Å². The number of hydrogen-bond acceptors (Lipinski definition) is 3. The van der Waals surface area contributed by atoms with Gasteiger partial charge in [0.25, 0.3) is 0 Å². The summed E-state index contributed by atoms with van der Waals surface area (Å²) >= 11 is 0. The normalized spacial score (nSPS) is 10.5. The highest BCUT2D eigenvalue weighted by Crippen LogP contribution is 2.15. The third-order valence-corrected chi connectivity index (χ3v) is 1.86. The standard InChI is InChI=1S/C10H9N2O/c1-2-7-3-9-10(11-5-7)4-8(13)6-12-9/h3-6,13H,1-2H2. The Balaban J connectivity index is 2.66. The Morgan fingerprint density at radius 3 is 2.62 bits per heavy atom. The fourth-order valence-corrected chi connectivity index (χ4v) is 1.17. The molecule has 0 unspecified atom stereocenters. The number of fused-ring (bicyclic) bond motifs is 1. The Morgan fingerprint density at radius 2 is 1.85 bits per heavy atom. The number of rotatable bonds is 1. The molecule has 2 aromatic heterocycles. The van der Waals surface area contributed by atoms with Crippen LogP contribution < -0.4 is 0 Å². The maximum Gasteiger partial charge on any atom is 0.136 e. The summed E-state index contributed by atoms with van der Waals surface area (Å²) in [5.41, 5.74) is 2.54. The van der Waals surface area contributed by atoms with E-state index in [4.69, 9.17) is 5.11 Å². The molecule has 1 radical (unpaired) electrons. The molecule has 0 spiro atoms.